The first-order valence-corrected chi connectivity index (χ1v) is 9.66. The van der Waals surface area contributed by atoms with Crippen molar-refractivity contribution in [1.82, 2.24) is 19.5 Å². The first-order valence-electron chi connectivity index (χ1n) is 8.87. The molecule has 1 aliphatic rings. The Hall–Kier alpha value is -1.99. The number of fused-ring (bicyclic) bond motifs is 1. The Morgan fingerprint density at radius 1 is 1.35 bits per heavy atom. The second-order valence-electron chi connectivity index (χ2n) is 6.73. The maximum absolute atomic E-state index is 14.2. The number of rotatable bonds is 5. The van der Waals surface area contributed by atoms with Crippen LogP contribution >= 0.6 is 15.9 Å². The summed E-state index contributed by atoms with van der Waals surface area (Å²) in [7, 11) is 2.18. The maximum atomic E-state index is 14.2. The number of halogens is 2. The van der Waals surface area contributed by atoms with Gasteiger partial charge in [0.1, 0.15) is 11.6 Å². The van der Waals surface area contributed by atoms with Crippen molar-refractivity contribution in [3.05, 3.63) is 46.8 Å². The van der Waals surface area contributed by atoms with Crippen LogP contribution in [0, 0.1) is 5.82 Å². The van der Waals surface area contributed by atoms with Gasteiger partial charge in [0.05, 0.1) is 16.4 Å². The van der Waals surface area contributed by atoms with Gasteiger partial charge in [-0.25, -0.2) is 9.37 Å². The highest BCUT2D eigenvalue weighted by atomic mass is 79.9. The third kappa shape index (κ3) is 3.33. The van der Waals surface area contributed by atoms with Gasteiger partial charge in [-0.3, -0.25) is 0 Å². The third-order valence-corrected chi connectivity index (χ3v) is 5.59. The van der Waals surface area contributed by atoms with Crippen LogP contribution in [0.15, 0.2) is 41.0 Å². The molecular formula is C19H21BrFN5. The van der Waals surface area contributed by atoms with Gasteiger partial charge < -0.3 is 10.2 Å². The third-order valence-electron chi connectivity index (χ3n) is 5.03. The number of anilines is 1. The number of aromatic nitrogens is 3. The van der Waals surface area contributed by atoms with Gasteiger partial charge >= 0.3 is 0 Å². The van der Waals surface area contributed by atoms with Gasteiger partial charge in [-0.15, -0.1) is 0 Å². The number of nitrogens with zero attached hydrogens (tertiary/aromatic N) is 4. The average Bonchev–Trinajstić information content (AvgIpc) is 3.22. The number of nitrogens with one attached hydrogen (secondary N) is 1. The summed E-state index contributed by atoms with van der Waals surface area (Å²) >= 11 is 3.48. The summed E-state index contributed by atoms with van der Waals surface area (Å²) < 4.78 is 16.8. The summed E-state index contributed by atoms with van der Waals surface area (Å²) in [4.78, 5) is 7.01. The molecule has 3 aromatic rings. The molecule has 1 saturated heterocycles. The molecule has 26 heavy (non-hydrogen) atoms. The zero-order valence-corrected chi connectivity index (χ0v) is 16.2. The zero-order chi connectivity index (χ0) is 18.1. The van der Waals surface area contributed by atoms with Crippen molar-refractivity contribution in [3.63, 3.8) is 0 Å². The van der Waals surface area contributed by atoms with E-state index < -0.39 is 0 Å². The minimum atomic E-state index is -0.279. The predicted octanol–water partition coefficient (Wildman–Crippen LogP) is 4.19. The molecule has 1 aromatic carbocycles. The molecule has 0 amide bonds. The monoisotopic (exact) mass is 417 g/mol. The van der Waals surface area contributed by atoms with Crippen molar-refractivity contribution in [2.45, 2.75) is 25.3 Å². The van der Waals surface area contributed by atoms with Crippen LogP contribution in [0.3, 0.4) is 0 Å². The first-order chi connectivity index (χ1) is 12.6. The molecule has 1 fully saturated rings. The molecule has 1 aliphatic heterocycles. The summed E-state index contributed by atoms with van der Waals surface area (Å²) in [6.07, 6.45) is 5.29. The summed E-state index contributed by atoms with van der Waals surface area (Å²) in [5.74, 6) is 0.540. The van der Waals surface area contributed by atoms with Crippen LogP contribution in [0.2, 0.25) is 0 Å². The minimum absolute atomic E-state index is 0.279. The fourth-order valence-electron chi connectivity index (χ4n) is 3.58. The summed E-state index contributed by atoms with van der Waals surface area (Å²) in [5, 5.41) is 7.85. The van der Waals surface area contributed by atoms with Crippen LogP contribution in [0.5, 0.6) is 0 Å². The molecule has 3 heterocycles. The predicted molar refractivity (Wildman–Crippen MR) is 105 cm³/mol. The van der Waals surface area contributed by atoms with Gasteiger partial charge in [0.15, 0.2) is 5.65 Å². The number of benzene rings is 1. The molecule has 2 aromatic heterocycles. The molecule has 0 spiro atoms. The highest BCUT2D eigenvalue weighted by Gasteiger charge is 2.20. The van der Waals surface area contributed by atoms with Crippen LogP contribution in [0.1, 0.15) is 19.3 Å². The molecule has 0 saturated carbocycles. The van der Waals surface area contributed by atoms with Crippen molar-refractivity contribution in [1.29, 1.82) is 0 Å². The lowest BCUT2D eigenvalue weighted by atomic mass is 10.1. The summed E-state index contributed by atoms with van der Waals surface area (Å²) in [5.41, 5.74) is 1.75. The Morgan fingerprint density at radius 3 is 2.96 bits per heavy atom. The standard InChI is InChI=1S/C19H21BrFN5/c1-25-10-4-5-13(25)8-9-22-18-11-17(14-6-2-3-7-16(14)21)24-19-15(20)12-23-26(18)19/h2-3,6-7,11-13,22H,4-5,8-10H2,1H3. The quantitative estimate of drug-likeness (QED) is 0.675. The second-order valence-corrected chi connectivity index (χ2v) is 7.58. The van der Waals surface area contributed by atoms with E-state index in [-0.39, 0.29) is 5.82 Å². The molecule has 0 aliphatic carbocycles. The Balaban J connectivity index is 1.63. The topological polar surface area (TPSA) is 45.5 Å². The van der Waals surface area contributed by atoms with Crippen LogP contribution < -0.4 is 5.32 Å². The van der Waals surface area contributed by atoms with E-state index in [1.807, 2.05) is 12.1 Å². The Labute approximate surface area is 160 Å². The average molecular weight is 418 g/mol. The molecule has 0 bridgehead atoms. The summed E-state index contributed by atoms with van der Waals surface area (Å²) in [6, 6.07) is 9.19. The second kappa shape index (κ2) is 7.32. The van der Waals surface area contributed by atoms with Crippen molar-refractivity contribution in [3.8, 4) is 11.3 Å². The number of hydrogen-bond donors (Lipinski definition) is 1. The van der Waals surface area contributed by atoms with Gasteiger partial charge in [0.25, 0.3) is 0 Å². The Kier molecular flexibility index (Phi) is 4.91. The molecule has 1 unspecified atom stereocenters. The van der Waals surface area contributed by atoms with E-state index in [4.69, 9.17) is 0 Å². The largest absolute Gasteiger partial charge is 0.370 e. The lowest BCUT2D eigenvalue weighted by molar-refractivity contribution is 0.301. The van der Waals surface area contributed by atoms with Crippen molar-refractivity contribution >= 4 is 27.4 Å². The van der Waals surface area contributed by atoms with Crippen LogP contribution in [0.4, 0.5) is 10.2 Å². The molecule has 1 atom stereocenters. The van der Waals surface area contributed by atoms with Crippen molar-refractivity contribution in [2.24, 2.45) is 0 Å². The van der Waals surface area contributed by atoms with E-state index in [1.54, 1.807) is 22.8 Å². The van der Waals surface area contributed by atoms with Gasteiger partial charge in [-0.1, -0.05) is 12.1 Å². The smallest absolute Gasteiger partial charge is 0.172 e. The van der Waals surface area contributed by atoms with Gasteiger partial charge in [0, 0.05) is 24.2 Å². The van der Waals surface area contributed by atoms with Crippen LogP contribution in [0.25, 0.3) is 16.9 Å². The lowest BCUT2D eigenvalue weighted by Crippen LogP contribution is -2.27. The van der Waals surface area contributed by atoms with Crippen LogP contribution in [-0.4, -0.2) is 45.7 Å². The van der Waals surface area contributed by atoms with Crippen LogP contribution in [-0.2, 0) is 0 Å². The number of hydrogen-bond acceptors (Lipinski definition) is 4. The Morgan fingerprint density at radius 2 is 2.19 bits per heavy atom. The highest BCUT2D eigenvalue weighted by molar-refractivity contribution is 9.10. The van der Waals surface area contributed by atoms with E-state index in [0.29, 0.717) is 22.9 Å². The molecule has 1 N–H and O–H groups in total. The summed E-state index contributed by atoms with van der Waals surface area (Å²) in [6.45, 7) is 2.01. The highest BCUT2D eigenvalue weighted by Crippen LogP contribution is 2.27. The van der Waals surface area contributed by atoms with E-state index in [2.05, 4.69) is 43.3 Å². The SMILES string of the molecule is CN1CCCC1CCNc1cc(-c2ccccc2F)nc2c(Br)cnn12. The Bertz CT molecular complexity index is 925. The molecule has 0 radical (unpaired) electrons. The molecule has 5 nitrogen and oxygen atoms in total. The molecule has 7 heteroatoms. The fraction of sp³-hybridized carbons (Fsp3) is 0.368. The minimum Gasteiger partial charge on any atom is -0.370 e. The first kappa shape index (κ1) is 17.4. The van der Waals surface area contributed by atoms with Crippen molar-refractivity contribution in [2.75, 3.05) is 25.5 Å². The fourth-order valence-corrected chi connectivity index (χ4v) is 3.93. The normalized spacial score (nSPS) is 17.9. The van der Waals surface area contributed by atoms with Gasteiger partial charge in [-0.05, 0) is 60.9 Å². The van der Waals surface area contributed by atoms with Crippen molar-refractivity contribution < 1.29 is 4.39 Å². The van der Waals surface area contributed by atoms with E-state index in [9.17, 15) is 4.39 Å². The number of likely N-dealkylation sites (tertiary alicyclic amines) is 1. The van der Waals surface area contributed by atoms with E-state index >= 15 is 0 Å². The maximum Gasteiger partial charge on any atom is 0.172 e. The van der Waals surface area contributed by atoms with E-state index in [1.165, 1.54) is 25.5 Å². The molecule has 136 valence electrons. The molecule has 4 rings (SSSR count). The van der Waals surface area contributed by atoms with Gasteiger partial charge in [0.2, 0.25) is 0 Å². The van der Waals surface area contributed by atoms with E-state index in [0.717, 1.165) is 23.3 Å². The van der Waals surface area contributed by atoms with Gasteiger partial charge in [-0.2, -0.15) is 9.61 Å². The molecular weight excluding hydrogens is 397 g/mol. The zero-order valence-electron chi connectivity index (χ0n) is 14.6. The lowest BCUT2D eigenvalue weighted by Gasteiger charge is -2.20.